The molecule has 2 amide bonds. The molecule has 0 aliphatic heterocycles. The van der Waals surface area contributed by atoms with Gasteiger partial charge in [-0.25, -0.2) is 4.98 Å². The van der Waals surface area contributed by atoms with Crippen molar-refractivity contribution in [2.24, 2.45) is 0 Å². The summed E-state index contributed by atoms with van der Waals surface area (Å²) in [6.45, 7) is 0.395. The highest BCUT2D eigenvalue weighted by Crippen LogP contribution is 2.28. The highest BCUT2D eigenvalue weighted by Gasteiger charge is 2.21. The smallest absolute Gasteiger partial charge is 0.263 e. The number of nitrogens with zero attached hydrogens (tertiary/aromatic N) is 2. The number of aromatic hydroxyl groups is 1. The molecule has 10 heteroatoms. The van der Waals surface area contributed by atoms with Gasteiger partial charge in [0.05, 0.1) is 36.7 Å². The number of methoxy groups -OCH3 is 1. The van der Waals surface area contributed by atoms with Crippen LogP contribution in [0.3, 0.4) is 0 Å². The summed E-state index contributed by atoms with van der Waals surface area (Å²) in [6.07, 6.45) is 5.30. The third-order valence-corrected chi connectivity index (χ3v) is 7.38. The maximum atomic E-state index is 12.9. The van der Waals surface area contributed by atoms with Gasteiger partial charge in [0.15, 0.2) is 0 Å². The normalized spacial score (nSPS) is 11.7. The molecule has 1 atom stereocenters. The zero-order chi connectivity index (χ0) is 27.9. The molecule has 2 heterocycles. The maximum absolute atomic E-state index is 12.9. The van der Waals surface area contributed by atoms with E-state index in [4.69, 9.17) is 4.74 Å². The van der Waals surface area contributed by atoms with Crippen molar-refractivity contribution in [3.8, 4) is 22.8 Å². The van der Waals surface area contributed by atoms with Crippen LogP contribution >= 0.6 is 11.3 Å². The van der Waals surface area contributed by atoms with E-state index in [0.717, 1.165) is 22.0 Å². The largest absolute Gasteiger partial charge is 0.507 e. The summed E-state index contributed by atoms with van der Waals surface area (Å²) in [5.74, 6) is 0.210. The monoisotopic (exact) mass is 555 g/mol. The van der Waals surface area contributed by atoms with Crippen molar-refractivity contribution in [3.05, 3.63) is 94.8 Å². The summed E-state index contributed by atoms with van der Waals surface area (Å²) in [7, 11) is 1.45. The van der Waals surface area contributed by atoms with Crippen LogP contribution < -0.4 is 15.4 Å². The Morgan fingerprint density at radius 2 is 1.88 bits per heavy atom. The number of phenolic OH excluding ortho intramolecular Hbond substituents is 1. The van der Waals surface area contributed by atoms with Gasteiger partial charge in [-0.1, -0.05) is 42.5 Å². The third-order valence-electron chi connectivity index (χ3n) is 6.60. The summed E-state index contributed by atoms with van der Waals surface area (Å²) < 4.78 is 5.20. The van der Waals surface area contributed by atoms with E-state index in [1.165, 1.54) is 24.5 Å². The van der Waals surface area contributed by atoms with Crippen LogP contribution in [0.1, 0.15) is 51.2 Å². The first-order valence-corrected chi connectivity index (χ1v) is 13.8. The Hall–Kier alpha value is -4.70. The molecule has 3 aromatic carbocycles. The number of unbranched alkanes of at least 4 members (excludes halogenated alkanes) is 1. The molecule has 0 fully saturated rings. The molecule has 0 saturated carbocycles. The fourth-order valence-electron chi connectivity index (χ4n) is 4.53. The molecule has 0 radical (unpaired) electrons. The van der Waals surface area contributed by atoms with Gasteiger partial charge in [-0.05, 0) is 48.2 Å². The third kappa shape index (κ3) is 6.13. The van der Waals surface area contributed by atoms with Crippen LogP contribution in [-0.4, -0.2) is 45.5 Å². The van der Waals surface area contributed by atoms with E-state index in [-0.39, 0.29) is 23.3 Å². The Balaban J connectivity index is 1.25. The average molecular weight is 556 g/mol. The quantitative estimate of drug-likeness (QED) is 0.160. The van der Waals surface area contributed by atoms with Gasteiger partial charge in [-0.3, -0.25) is 14.6 Å². The number of carbonyl (C=O) groups is 2. The van der Waals surface area contributed by atoms with Gasteiger partial charge in [0.25, 0.3) is 11.8 Å². The lowest BCUT2D eigenvalue weighted by molar-refractivity contribution is 0.0934. The van der Waals surface area contributed by atoms with E-state index in [1.54, 1.807) is 30.0 Å². The number of fused-ring (bicyclic) bond motifs is 1. The summed E-state index contributed by atoms with van der Waals surface area (Å²) in [5.41, 5.74) is 3.60. The second-order valence-electron chi connectivity index (χ2n) is 9.24. The fourth-order valence-corrected chi connectivity index (χ4v) is 5.06. The summed E-state index contributed by atoms with van der Waals surface area (Å²) >= 11 is 1.28. The number of phenols is 1. The number of rotatable bonds is 11. The van der Waals surface area contributed by atoms with E-state index in [0.29, 0.717) is 42.3 Å². The Labute approximate surface area is 235 Å². The lowest BCUT2D eigenvalue weighted by Crippen LogP contribution is -2.29. The second kappa shape index (κ2) is 12.4. The zero-order valence-electron chi connectivity index (χ0n) is 21.9. The van der Waals surface area contributed by atoms with E-state index >= 15 is 0 Å². The first-order valence-electron chi connectivity index (χ1n) is 12.9. The number of ether oxygens (including phenoxy) is 1. The number of amides is 2. The van der Waals surface area contributed by atoms with Crippen LogP contribution in [0.25, 0.3) is 22.0 Å². The van der Waals surface area contributed by atoms with Gasteiger partial charge in [0.1, 0.15) is 27.8 Å². The molecule has 0 spiro atoms. The van der Waals surface area contributed by atoms with Crippen LogP contribution in [0.4, 0.5) is 0 Å². The Kier molecular flexibility index (Phi) is 8.36. The van der Waals surface area contributed by atoms with Gasteiger partial charge in [-0.15, -0.1) is 11.3 Å². The zero-order valence-corrected chi connectivity index (χ0v) is 22.7. The fraction of sp³-hybridized carbons (Fsp3) is 0.200. The molecule has 0 saturated heterocycles. The van der Waals surface area contributed by atoms with Crippen LogP contribution in [-0.2, 0) is 0 Å². The van der Waals surface area contributed by atoms with E-state index in [1.807, 2.05) is 18.2 Å². The van der Waals surface area contributed by atoms with Crippen molar-refractivity contribution in [1.82, 2.24) is 25.6 Å². The van der Waals surface area contributed by atoms with Crippen molar-refractivity contribution in [2.45, 2.75) is 25.3 Å². The summed E-state index contributed by atoms with van der Waals surface area (Å²) in [4.78, 5) is 38.0. The van der Waals surface area contributed by atoms with Crippen LogP contribution in [0.2, 0.25) is 0 Å². The number of imidazole rings is 1. The topological polar surface area (TPSA) is 129 Å². The predicted octanol–water partition coefficient (Wildman–Crippen LogP) is 5.47. The Morgan fingerprint density at radius 1 is 1.02 bits per heavy atom. The number of thiazole rings is 1. The minimum atomic E-state index is -0.406. The molecule has 1 unspecified atom stereocenters. The van der Waals surface area contributed by atoms with Crippen LogP contribution in [0.5, 0.6) is 11.5 Å². The van der Waals surface area contributed by atoms with Gasteiger partial charge < -0.3 is 25.5 Å². The van der Waals surface area contributed by atoms with Gasteiger partial charge in [0, 0.05) is 12.1 Å². The lowest BCUT2D eigenvalue weighted by Gasteiger charge is -2.16. The summed E-state index contributed by atoms with van der Waals surface area (Å²) in [5, 5.41) is 18.3. The van der Waals surface area contributed by atoms with Crippen molar-refractivity contribution in [1.29, 1.82) is 0 Å². The number of benzene rings is 3. The molecular formula is C30H29N5O4S. The average Bonchev–Trinajstić information content (AvgIpc) is 3.69. The number of hydrogen-bond donors (Lipinski definition) is 4. The lowest BCUT2D eigenvalue weighted by atomic mass is 10.1. The number of carbonyl (C=O) groups excluding carboxylic acids is 2. The van der Waals surface area contributed by atoms with Crippen molar-refractivity contribution >= 4 is 33.9 Å². The molecule has 0 aliphatic rings. The molecular weight excluding hydrogens is 526 g/mol. The van der Waals surface area contributed by atoms with E-state index in [2.05, 4.69) is 49.9 Å². The first-order chi connectivity index (χ1) is 19.5. The standard InChI is InChI=1S/C30H29N5O4S/c1-39-25-11-6-10-24(36)27(25)30(38)32-14-5-4-9-22(35-29(37)26-17-31-18-40-26)28-33-16-23(34-28)21-13-12-19-7-2-3-8-20(19)15-21/h2-3,6-8,10-13,15-18,22,36H,4-5,9,14H2,1H3,(H,32,38)(H,33,34)(H,35,37). The maximum Gasteiger partial charge on any atom is 0.263 e. The number of aromatic amines is 1. The first kappa shape index (κ1) is 26.9. The highest BCUT2D eigenvalue weighted by molar-refractivity contribution is 7.11. The molecule has 5 rings (SSSR count). The molecule has 204 valence electrons. The van der Waals surface area contributed by atoms with Gasteiger partial charge in [-0.2, -0.15) is 0 Å². The van der Waals surface area contributed by atoms with Gasteiger partial charge >= 0.3 is 0 Å². The molecule has 4 N–H and O–H groups in total. The molecule has 2 aromatic heterocycles. The highest BCUT2D eigenvalue weighted by atomic mass is 32.1. The minimum Gasteiger partial charge on any atom is -0.507 e. The van der Waals surface area contributed by atoms with E-state index < -0.39 is 5.91 Å². The second-order valence-corrected chi connectivity index (χ2v) is 10.1. The summed E-state index contributed by atoms with van der Waals surface area (Å²) in [6, 6.07) is 18.7. The molecule has 5 aromatic rings. The molecule has 0 bridgehead atoms. The van der Waals surface area contributed by atoms with Gasteiger partial charge in [0.2, 0.25) is 0 Å². The van der Waals surface area contributed by atoms with Crippen molar-refractivity contribution < 1.29 is 19.4 Å². The minimum absolute atomic E-state index is 0.108. The van der Waals surface area contributed by atoms with Crippen LogP contribution in [0, 0.1) is 0 Å². The number of H-pyrrole nitrogens is 1. The number of nitrogens with one attached hydrogen (secondary N) is 3. The molecule has 40 heavy (non-hydrogen) atoms. The SMILES string of the molecule is COc1cccc(O)c1C(=O)NCCCCC(NC(=O)c1cncs1)c1ncc(-c2ccc3ccccc3c2)[nH]1. The van der Waals surface area contributed by atoms with E-state index in [9.17, 15) is 14.7 Å². The number of hydrogen-bond acceptors (Lipinski definition) is 7. The molecule has 9 nitrogen and oxygen atoms in total. The van der Waals surface area contributed by atoms with Crippen molar-refractivity contribution in [2.75, 3.05) is 13.7 Å². The Morgan fingerprint density at radius 3 is 2.67 bits per heavy atom. The van der Waals surface area contributed by atoms with Crippen LogP contribution in [0.15, 0.2) is 78.6 Å². The van der Waals surface area contributed by atoms with Crippen molar-refractivity contribution in [3.63, 3.8) is 0 Å². The Bertz CT molecular complexity index is 1620. The predicted molar refractivity (Wildman–Crippen MR) is 155 cm³/mol. The number of aromatic nitrogens is 3. The molecule has 0 aliphatic carbocycles.